The minimum absolute atomic E-state index is 0.0462. The number of nitrogens with one attached hydrogen (secondary N) is 2. The van der Waals surface area contributed by atoms with Crippen LogP contribution >= 0.6 is 23.1 Å². The molecular weight excluding hydrogens is 376 g/mol. The molecule has 136 valence electrons. The van der Waals surface area contributed by atoms with Gasteiger partial charge >= 0.3 is 0 Å². The van der Waals surface area contributed by atoms with Crippen LogP contribution in [0.1, 0.15) is 16.3 Å². The van der Waals surface area contributed by atoms with E-state index in [9.17, 15) is 4.79 Å². The van der Waals surface area contributed by atoms with E-state index in [1.807, 2.05) is 60.8 Å². The van der Waals surface area contributed by atoms with Crippen LogP contribution < -0.4 is 5.32 Å². The molecule has 0 radical (unpaired) electrons. The molecule has 2 N–H and O–H groups in total. The van der Waals surface area contributed by atoms with Gasteiger partial charge in [0.25, 0.3) is 0 Å². The van der Waals surface area contributed by atoms with Crippen LogP contribution in [0.25, 0.3) is 11.0 Å². The lowest BCUT2D eigenvalue weighted by Crippen LogP contribution is -2.15. The third-order valence-corrected chi connectivity index (χ3v) is 5.86. The van der Waals surface area contributed by atoms with E-state index in [0.29, 0.717) is 0 Å². The second kappa shape index (κ2) is 7.94. The van der Waals surface area contributed by atoms with Gasteiger partial charge in [-0.05, 0) is 30.7 Å². The molecule has 4 aromatic rings. The van der Waals surface area contributed by atoms with Crippen LogP contribution in [-0.4, -0.2) is 20.9 Å². The molecule has 0 saturated carbocycles. The van der Waals surface area contributed by atoms with E-state index in [-0.39, 0.29) is 12.3 Å². The van der Waals surface area contributed by atoms with Gasteiger partial charge in [-0.25, -0.2) is 9.97 Å². The molecule has 0 aliphatic heterocycles. The summed E-state index contributed by atoms with van der Waals surface area (Å²) in [5, 5.41) is 6.65. The van der Waals surface area contributed by atoms with Gasteiger partial charge in [-0.1, -0.05) is 42.1 Å². The molecule has 0 atom stereocenters. The quantitative estimate of drug-likeness (QED) is 0.461. The first-order valence-corrected chi connectivity index (χ1v) is 10.4. The Balaban J connectivity index is 1.34. The summed E-state index contributed by atoms with van der Waals surface area (Å²) in [4.78, 5) is 24.7. The van der Waals surface area contributed by atoms with Crippen molar-refractivity contribution in [1.82, 2.24) is 15.0 Å². The number of imidazole rings is 1. The molecule has 7 heteroatoms. The first-order valence-electron chi connectivity index (χ1n) is 8.54. The SMILES string of the molecule is Cc1ccccc1NC(=O)Cc1nc(CSc2nc3ccccc3[nH]2)cs1. The second-order valence-corrected chi connectivity index (χ2v) is 8.03. The van der Waals surface area contributed by atoms with Crippen molar-refractivity contribution in [2.24, 2.45) is 0 Å². The monoisotopic (exact) mass is 394 g/mol. The zero-order chi connectivity index (χ0) is 18.6. The number of anilines is 1. The summed E-state index contributed by atoms with van der Waals surface area (Å²) >= 11 is 3.13. The lowest BCUT2D eigenvalue weighted by molar-refractivity contribution is -0.115. The number of nitrogens with zero attached hydrogens (tertiary/aromatic N) is 2. The van der Waals surface area contributed by atoms with Crippen molar-refractivity contribution < 1.29 is 4.79 Å². The third kappa shape index (κ3) is 4.37. The summed E-state index contributed by atoms with van der Waals surface area (Å²) in [6.07, 6.45) is 0.286. The van der Waals surface area contributed by atoms with E-state index in [1.54, 1.807) is 11.8 Å². The van der Waals surface area contributed by atoms with E-state index < -0.39 is 0 Å². The van der Waals surface area contributed by atoms with Gasteiger partial charge in [0.15, 0.2) is 5.16 Å². The van der Waals surface area contributed by atoms with E-state index in [0.717, 1.165) is 43.9 Å². The maximum Gasteiger partial charge on any atom is 0.231 e. The number of H-pyrrole nitrogens is 1. The smallest absolute Gasteiger partial charge is 0.231 e. The second-order valence-electron chi connectivity index (χ2n) is 6.12. The molecule has 0 fully saturated rings. The lowest BCUT2D eigenvalue weighted by Gasteiger charge is -2.06. The molecule has 0 aliphatic carbocycles. The van der Waals surface area contributed by atoms with E-state index in [2.05, 4.69) is 20.3 Å². The number of carbonyl (C=O) groups is 1. The Kier molecular flexibility index (Phi) is 5.22. The molecule has 0 unspecified atom stereocenters. The van der Waals surface area contributed by atoms with Gasteiger partial charge in [0.05, 0.1) is 23.1 Å². The van der Waals surface area contributed by atoms with Crippen molar-refractivity contribution >= 4 is 45.7 Å². The van der Waals surface area contributed by atoms with Crippen LogP contribution in [0.5, 0.6) is 0 Å². The number of thiazole rings is 1. The van der Waals surface area contributed by atoms with Crippen molar-refractivity contribution in [2.75, 3.05) is 5.32 Å². The number of hydrogen-bond acceptors (Lipinski definition) is 5. The number of hydrogen-bond donors (Lipinski definition) is 2. The Morgan fingerprint density at radius 1 is 1.15 bits per heavy atom. The zero-order valence-corrected chi connectivity index (χ0v) is 16.4. The molecule has 2 aromatic heterocycles. The summed E-state index contributed by atoms with van der Waals surface area (Å²) in [6.45, 7) is 1.98. The highest BCUT2D eigenvalue weighted by Gasteiger charge is 2.10. The highest BCUT2D eigenvalue weighted by atomic mass is 32.2. The number of fused-ring (bicyclic) bond motifs is 1. The Morgan fingerprint density at radius 2 is 1.96 bits per heavy atom. The van der Waals surface area contributed by atoms with Crippen molar-refractivity contribution in [3.63, 3.8) is 0 Å². The number of aromatic amines is 1. The van der Waals surface area contributed by atoms with E-state index >= 15 is 0 Å². The minimum atomic E-state index is -0.0462. The van der Waals surface area contributed by atoms with Crippen molar-refractivity contribution in [2.45, 2.75) is 24.3 Å². The van der Waals surface area contributed by atoms with Gasteiger partial charge in [0.2, 0.25) is 5.91 Å². The fourth-order valence-corrected chi connectivity index (χ4v) is 4.36. The maximum atomic E-state index is 12.3. The summed E-state index contributed by atoms with van der Waals surface area (Å²) in [7, 11) is 0. The van der Waals surface area contributed by atoms with Gasteiger partial charge in [-0.15, -0.1) is 11.3 Å². The van der Waals surface area contributed by atoms with Gasteiger partial charge in [0.1, 0.15) is 5.01 Å². The molecule has 1 amide bonds. The highest BCUT2D eigenvalue weighted by Crippen LogP contribution is 2.24. The van der Waals surface area contributed by atoms with Gasteiger partial charge in [-0.3, -0.25) is 4.79 Å². The van der Waals surface area contributed by atoms with Crippen LogP contribution in [0.15, 0.2) is 59.1 Å². The Morgan fingerprint density at radius 3 is 2.81 bits per heavy atom. The normalized spacial score (nSPS) is 11.0. The van der Waals surface area contributed by atoms with Crippen molar-refractivity contribution in [3.05, 3.63) is 70.2 Å². The number of para-hydroxylation sites is 3. The zero-order valence-electron chi connectivity index (χ0n) is 14.7. The maximum absolute atomic E-state index is 12.3. The molecule has 27 heavy (non-hydrogen) atoms. The number of rotatable bonds is 6. The Labute approximate surface area is 165 Å². The molecule has 0 bridgehead atoms. The summed E-state index contributed by atoms with van der Waals surface area (Å²) in [6, 6.07) is 15.7. The molecular formula is C20H18N4OS2. The summed E-state index contributed by atoms with van der Waals surface area (Å²) < 4.78 is 0. The number of benzene rings is 2. The molecule has 4 rings (SSSR count). The molecule has 0 spiro atoms. The highest BCUT2D eigenvalue weighted by molar-refractivity contribution is 7.98. The van der Waals surface area contributed by atoms with E-state index in [4.69, 9.17) is 0 Å². The summed E-state index contributed by atoms with van der Waals surface area (Å²) in [5.41, 5.74) is 4.86. The number of thioether (sulfide) groups is 1. The van der Waals surface area contributed by atoms with Crippen LogP contribution in [0.3, 0.4) is 0 Å². The molecule has 0 saturated heterocycles. The first-order chi connectivity index (χ1) is 13.2. The molecule has 2 heterocycles. The van der Waals surface area contributed by atoms with Crippen molar-refractivity contribution in [1.29, 1.82) is 0 Å². The number of amides is 1. The van der Waals surface area contributed by atoms with Crippen molar-refractivity contribution in [3.8, 4) is 0 Å². The predicted molar refractivity (Wildman–Crippen MR) is 111 cm³/mol. The fraction of sp³-hybridized carbons (Fsp3) is 0.150. The van der Waals surface area contributed by atoms with Crippen LogP contribution in [0.4, 0.5) is 5.69 Å². The topological polar surface area (TPSA) is 70.7 Å². The fourth-order valence-electron chi connectivity index (χ4n) is 2.68. The number of aromatic nitrogens is 3. The Bertz CT molecular complexity index is 1050. The molecule has 5 nitrogen and oxygen atoms in total. The third-order valence-electron chi connectivity index (χ3n) is 4.05. The van der Waals surface area contributed by atoms with Gasteiger partial charge in [-0.2, -0.15) is 0 Å². The van der Waals surface area contributed by atoms with E-state index in [1.165, 1.54) is 11.3 Å². The lowest BCUT2D eigenvalue weighted by atomic mass is 10.2. The number of carbonyl (C=O) groups excluding carboxylic acids is 1. The van der Waals surface area contributed by atoms with Crippen LogP contribution in [-0.2, 0) is 17.0 Å². The molecule has 2 aromatic carbocycles. The predicted octanol–water partition coefficient (Wildman–Crippen LogP) is 4.80. The number of aryl methyl sites for hydroxylation is 1. The Hall–Kier alpha value is -2.64. The van der Waals surface area contributed by atoms with Gasteiger partial charge in [0, 0.05) is 16.8 Å². The standard InChI is InChI=1S/C20H18N4OS2/c1-13-6-2-3-7-15(13)22-18(25)10-19-21-14(11-26-19)12-27-20-23-16-8-4-5-9-17(16)24-20/h2-9,11H,10,12H2,1H3,(H,22,25)(H,23,24). The summed E-state index contributed by atoms with van der Waals surface area (Å²) in [5.74, 6) is 0.672. The molecule has 0 aliphatic rings. The largest absolute Gasteiger partial charge is 0.333 e. The average Bonchev–Trinajstić information content (AvgIpc) is 3.28. The van der Waals surface area contributed by atoms with Crippen LogP contribution in [0, 0.1) is 6.92 Å². The average molecular weight is 395 g/mol. The van der Waals surface area contributed by atoms with Gasteiger partial charge < -0.3 is 10.3 Å². The van der Waals surface area contributed by atoms with Crippen LogP contribution in [0.2, 0.25) is 0 Å². The minimum Gasteiger partial charge on any atom is -0.333 e. The first kappa shape index (κ1) is 17.8.